The second kappa shape index (κ2) is 5.45. The maximum Gasteiger partial charge on any atom is 0.337 e. The smallest absolute Gasteiger partial charge is 0.337 e. The highest BCUT2D eigenvalue weighted by molar-refractivity contribution is 9.10. The third-order valence-corrected chi connectivity index (χ3v) is 3.83. The van der Waals surface area contributed by atoms with E-state index < -0.39 is 11.9 Å². The first kappa shape index (κ1) is 13.6. The second-order valence-corrected chi connectivity index (χ2v) is 5.22. The summed E-state index contributed by atoms with van der Waals surface area (Å²) in [6, 6.07) is 4.66. The number of hydrogen-bond donors (Lipinski definition) is 2. The third kappa shape index (κ3) is 2.79. The number of carbonyl (C=O) groups is 2. The van der Waals surface area contributed by atoms with Crippen molar-refractivity contribution >= 4 is 45.0 Å². The number of rotatable bonds is 3. The number of carbonyl (C=O) groups excluding carboxylic acids is 1. The zero-order valence-corrected chi connectivity index (χ0v) is 12.1. The van der Waals surface area contributed by atoms with E-state index in [1.165, 1.54) is 6.07 Å². The Kier molecular flexibility index (Phi) is 3.91. The Morgan fingerprint density at radius 1 is 1.42 bits per heavy atom. The van der Waals surface area contributed by atoms with Crippen molar-refractivity contribution in [2.24, 2.45) is 0 Å². The molecule has 8 heteroatoms. The first-order valence-corrected chi connectivity index (χ1v) is 6.69. The van der Waals surface area contributed by atoms with Crippen LogP contribution in [0.2, 0.25) is 0 Å². The topological polar surface area (TPSA) is 92.2 Å². The van der Waals surface area contributed by atoms with E-state index in [2.05, 4.69) is 30.8 Å². The number of benzene rings is 1. The molecule has 1 heterocycles. The molecule has 0 bridgehead atoms. The molecule has 6 nitrogen and oxygen atoms in total. The molecule has 0 saturated heterocycles. The predicted octanol–water partition coefficient (Wildman–Crippen LogP) is 2.56. The number of halogens is 1. The molecule has 2 aromatic rings. The number of aryl methyl sites for hydroxylation is 1. The van der Waals surface area contributed by atoms with Gasteiger partial charge < -0.3 is 10.4 Å². The Morgan fingerprint density at radius 2 is 2.16 bits per heavy atom. The van der Waals surface area contributed by atoms with Gasteiger partial charge in [-0.25, -0.2) is 4.79 Å². The lowest BCUT2D eigenvalue weighted by Gasteiger charge is -2.09. The Morgan fingerprint density at radius 3 is 2.74 bits per heavy atom. The van der Waals surface area contributed by atoms with Gasteiger partial charge in [-0.2, -0.15) is 0 Å². The molecule has 1 aromatic carbocycles. The highest BCUT2D eigenvalue weighted by Gasteiger charge is 2.18. The summed E-state index contributed by atoms with van der Waals surface area (Å²) in [5.41, 5.74) is 0.733. The van der Waals surface area contributed by atoms with Gasteiger partial charge in [-0.1, -0.05) is 10.6 Å². The van der Waals surface area contributed by atoms with Gasteiger partial charge >= 0.3 is 5.97 Å². The minimum absolute atomic E-state index is 0.0119. The van der Waals surface area contributed by atoms with Crippen molar-refractivity contribution in [2.45, 2.75) is 6.92 Å². The average Bonchev–Trinajstić information content (AvgIpc) is 2.77. The van der Waals surface area contributed by atoms with E-state index in [4.69, 9.17) is 5.11 Å². The summed E-state index contributed by atoms with van der Waals surface area (Å²) in [7, 11) is 0. The Labute approximate surface area is 120 Å². The van der Waals surface area contributed by atoms with E-state index in [-0.39, 0.29) is 11.3 Å². The lowest BCUT2D eigenvalue weighted by molar-refractivity contribution is 0.0698. The van der Waals surface area contributed by atoms with Crippen LogP contribution in [0.3, 0.4) is 0 Å². The normalized spacial score (nSPS) is 10.2. The van der Waals surface area contributed by atoms with Crippen molar-refractivity contribution in [1.82, 2.24) is 9.59 Å². The molecule has 2 N–H and O–H groups in total. The molecule has 2 rings (SSSR count). The molecule has 0 spiro atoms. The molecule has 0 fully saturated rings. The molecule has 1 amide bonds. The van der Waals surface area contributed by atoms with Gasteiger partial charge in [-0.15, -0.1) is 5.10 Å². The molecular weight excluding hydrogens is 334 g/mol. The summed E-state index contributed by atoms with van der Waals surface area (Å²) >= 11 is 4.18. The van der Waals surface area contributed by atoms with Gasteiger partial charge in [0.15, 0.2) is 0 Å². The standard InChI is InChI=1S/C11H8BrN3O3S/c1-5-9(19-15-14-5)10(16)13-8-6(11(17)18)3-2-4-7(8)12/h2-4H,1H3,(H,13,16)(H,17,18). The number of nitrogens with one attached hydrogen (secondary N) is 1. The van der Waals surface area contributed by atoms with Gasteiger partial charge in [-0.3, -0.25) is 4.79 Å². The molecule has 0 unspecified atom stereocenters. The van der Waals surface area contributed by atoms with Crippen LogP contribution in [-0.4, -0.2) is 26.6 Å². The molecule has 0 saturated carbocycles. The molecule has 0 radical (unpaired) electrons. The quantitative estimate of drug-likeness (QED) is 0.894. The number of carboxylic acids is 1. The molecule has 98 valence electrons. The zero-order valence-electron chi connectivity index (χ0n) is 9.68. The van der Waals surface area contributed by atoms with Crippen molar-refractivity contribution < 1.29 is 14.7 Å². The largest absolute Gasteiger partial charge is 0.478 e. The van der Waals surface area contributed by atoms with Gasteiger partial charge in [0, 0.05) is 4.47 Å². The highest BCUT2D eigenvalue weighted by Crippen LogP contribution is 2.27. The average molecular weight is 342 g/mol. The number of aromatic nitrogens is 2. The van der Waals surface area contributed by atoms with Crippen LogP contribution in [0.15, 0.2) is 22.7 Å². The van der Waals surface area contributed by atoms with Gasteiger partial charge in [0.1, 0.15) is 4.88 Å². The van der Waals surface area contributed by atoms with Crippen molar-refractivity contribution in [2.75, 3.05) is 5.32 Å². The first-order valence-electron chi connectivity index (χ1n) is 5.13. The number of amides is 1. The Bertz CT molecular complexity index is 656. The maximum absolute atomic E-state index is 12.0. The highest BCUT2D eigenvalue weighted by atomic mass is 79.9. The SMILES string of the molecule is Cc1nnsc1C(=O)Nc1c(Br)cccc1C(=O)O. The van der Waals surface area contributed by atoms with Crippen LogP contribution in [0.4, 0.5) is 5.69 Å². The van der Waals surface area contributed by atoms with Crippen LogP contribution < -0.4 is 5.32 Å². The van der Waals surface area contributed by atoms with Gasteiger partial charge in [0.05, 0.1) is 16.9 Å². The van der Waals surface area contributed by atoms with Gasteiger partial charge in [0.25, 0.3) is 5.91 Å². The minimum Gasteiger partial charge on any atom is -0.478 e. The number of hydrogen-bond acceptors (Lipinski definition) is 5. The molecule has 0 atom stereocenters. The fraction of sp³-hybridized carbons (Fsp3) is 0.0909. The van der Waals surface area contributed by atoms with E-state index in [0.29, 0.717) is 15.0 Å². The molecule has 19 heavy (non-hydrogen) atoms. The zero-order chi connectivity index (χ0) is 14.0. The van der Waals surface area contributed by atoms with Crippen LogP contribution >= 0.6 is 27.5 Å². The minimum atomic E-state index is -1.12. The van der Waals surface area contributed by atoms with E-state index in [1.54, 1.807) is 19.1 Å². The lowest BCUT2D eigenvalue weighted by Crippen LogP contribution is -2.15. The summed E-state index contributed by atoms with van der Waals surface area (Å²) < 4.78 is 4.16. The summed E-state index contributed by atoms with van der Waals surface area (Å²) in [6.45, 7) is 1.66. The van der Waals surface area contributed by atoms with Crippen LogP contribution in [0.1, 0.15) is 25.7 Å². The fourth-order valence-electron chi connectivity index (χ4n) is 1.44. The number of nitrogens with zero attached hydrogens (tertiary/aromatic N) is 2. The molecule has 1 aromatic heterocycles. The second-order valence-electron chi connectivity index (χ2n) is 3.61. The van der Waals surface area contributed by atoms with Gasteiger partial charge in [0.2, 0.25) is 0 Å². The summed E-state index contributed by atoms with van der Waals surface area (Å²) in [4.78, 5) is 23.5. The lowest BCUT2D eigenvalue weighted by atomic mass is 10.2. The van der Waals surface area contributed by atoms with Crippen LogP contribution in [-0.2, 0) is 0 Å². The van der Waals surface area contributed by atoms with Crippen LogP contribution in [0.25, 0.3) is 0 Å². The maximum atomic E-state index is 12.0. The molecular formula is C11H8BrN3O3S. The number of anilines is 1. The fourth-order valence-corrected chi connectivity index (χ4v) is 2.46. The number of para-hydroxylation sites is 1. The van der Waals surface area contributed by atoms with Crippen molar-refractivity contribution in [1.29, 1.82) is 0 Å². The molecule has 0 aliphatic heterocycles. The molecule has 0 aliphatic rings. The summed E-state index contributed by atoms with van der Waals surface area (Å²) in [6.07, 6.45) is 0. The predicted molar refractivity (Wildman–Crippen MR) is 73.7 cm³/mol. The van der Waals surface area contributed by atoms with E-state index in [9.17, 15) is 9.59 Å². The van der Waals surface area contributed by atoms with E-state index in [0.717, 1.165) is 11.5 Å². The number of carboxylic acid groups (broad SMARTS) is 1. The van der Waals surface area contributed by atoms with Gasteiger partial charge in [-0.05, 0) is 46.5 Å². The monoisotopic (exact) mass is 341 g/mol. The third-order valence-electron chi connectivity index (χ3n) is 2.34. The Hall–Kier alpha value is -1.80. The van der Waals surface area contributed by atoms with Crippen molar-refractivity contribution in [3.8, 4) is 0 Å². The Balaban J connectivity index is 2.36. The van der Waals surface area contributed by atoms with E-state index in [1.807, 2.05) is 0 Å². The summed E-state index contributed by atoms with van der Waals surface area (Å²) in [5.74, 6) is -1.54. The molecule has 0 aliphatic carbocycles. The number of aromatic carboxylic acids is 1. The first-order chi connectivity index (χ1) is 9.00. The van der Waals surface area contributed by atoms with Crippen LogP contribution in [0, 0.1) is 6.92 Å². The summed E-state index contributed by atoms with van der Waals surface area (Å²) in [5, 5.41) is 15.4. The van der Waals surface area contributed by atoms with Crippen LogP contribution in [0.5, 0.6) is 0 Å². The van der Waals surface area contributed by atoms with Crippen molar-refractivity contribution in [3.63, 3.8) is 0 Å². The van der Waals surface area contributed by atoms with E-state index >= 15 is 0 Å². The van der Waals surface area contributed by atoms with Crippen molar-refractivity contribution in [3.05, 3.63) is 38.8 Å².